The van der Waals surface area contributed by atoms with Crippen LogP contribution in [0.1, 0.15) is 11.1 Å². The summed E-state index contributed by atoms with van der Waals surface area (Å²) >= 11 is 7.78. The number of thiazole rings is 1. The van der Waals surface area contributed by atoms with E-state index in [1.807, 2.05) is 30.6 Å². The van der Waals surface area contributed by atoms with Crippen LogP contribution in [-0.2, 0) is 6.54 Å². The number of nitrogens with one attached hydrogen (secondary N) is 1. The molecule has 3 rings (SSSR count). The molecule has 0 spiro atoms. The summed E-state index contributed by atoms with van der Waals surface area (Å²) in [6.45, 7) is 2.78. The summed E-state index contributed by atoms with van der Waals surface area (Å²) in [7, 11) is 0. The fraction of sp³-hybridized carbons (Fsp3) is 0.133. The van der Waals surface area contributed by atoms with Gasteiger partial charge in [0.15, 0.2) is 0 Å². The molecule has 0 saturated heterocycles. The second kappa shape index (κ2) is 5.19. The molecule has 0 atom stereocenters. The number of hydrogen-bond acceptors (Lipinski definition) is 3. The van der Waals surface area contributed by atoms with E-state index in [-0.39, 0.29) is 0 Å². The number of nitrogens with zero attached hydrogens (tertiary/aromatic N) is 1. The van der Waals surface area contributed by atoms with E-state index in [9.17, 15) is 0 Å². The summed E-state index contributed by atoms with van der Waals surface area (Å²) in [5.41, 5.74) is 6.31. The van der Waals surface area contributed by atoms with Crippen molar-refractivity contribution in [2.45, 2.75) is 13.5 Å². The summed E-state index contributed by atoms with van der Waals surface area (Å²) in [6.07, 6.45) is 0. The Bertz CT molecular complexity index is 721. The molecule has 0 unspecified atom stereocenters. The highest BCUT2D eigenvalue weighted by atomic mass is 35.5. The molecule has 2 aromatic carbocycles. The summed E-state index contributed by atoms with van der Waals surface area (Å²) < 4.78 is 1.20. The Kier molecular flexibility index (Phi) is 3.40. The first-order valence-electron chi connectivity index (χ1n) is 6.04. The van der Waals surface area contributed by atoms with Gasteiger partial charge in [-0.1, -0.05) is 23.7 Å². The molecule has 3 aromatic rings. The van der Waals surface area contributed by atoms with Crippen LogP contribution < -0.4 is 5.32 Å². The fourth-order valence-corrected chi connectivity index (χ4v) is 2.83. The zero-order valence-corrected chi connectivity index (χ0v) is 12.1. The van der Waals surface area contributed by atoms with Crippen molar-refractivity contribution in [2.75, 3.05) is 5.32 Å². The van der Waals surface area contributed by atoms with E-state index in [1.165, 1.54) is 10.3 Å². The average Bonchev–Trinajstić information content (AvgIpc) is 2.87. The maximum atomic E-state index is 6.12. The summed E-state index contributed by atoms with van der Waals surface area (Å²) in [4.78, 5) is 4.27. The maximum Gasteiger partial charge on any atom is 0.0813 e. The Hall–Kier alpha value is -1.58. The quantitative estimate of drug-likeness (QED) is 0.744. The Balaban J connectivity index is 1.75. The van der Waals surface area contributed by atoms with Gasteiger partial charge in [-0.25, -0.2) is 4.98 Å². The van der Waals surface area contributed by atoms with Gasteiger partial charge in [0.05, 0.1) is 15.7 Å². The lowest BCUT2D eigenvalue weighted by Crippen LogP contribution is -1.99. The predicted octanol–water partition coefficient (Wildman–Crippen LogP) is 4.87. The summed E-state index contributed by atoms with van der Waals surface area (Å²) in [5.74, 6) is 0. The largest absolute Gasteiger partial charge is 0.381 e. The lowest BCUT2D eigenvalue weighted by molar-refractivity contribution is 1.15. The smallest absolute Gasteiger partial charge is 0.0813 e. The van der Waals surface area contributed by atoms with Crippen LogP contribution in [0.15, 0.2) is 41.9 Å². The van der Waals surface area contributed by atoms with Gasteiger partial charge in [0.2, 0.25) is 0 Å². The molecule has 0 fully saturated rings. The number of fused-ring (bicyclic) bond motifs is 1. The zero-order chi connectivity index (χ0) is 13.2. The van der Waals surface area contributed by atoms with Gasteiger partial charge in [-0.05, 0) is 42.3 Å². The zero-order valence-electron chi connectivity index (χ0n) is 10.5. The topological polar surface area (TPSA) is 24.9 Å². The number of aromatic nitrogens is 1. The van der Waals surface area contributed by atoms with Crippen LogP contribution in [0.2, 0.25) is 5.02 Å². The maximum absolute atomic E-state index is 6.12. The fourth-order valence-electron chi connectivity index (χ4n) is 1.92. The minimum Gasteiger partial charge on any atom is -0.381 e. The first kappa shape index (κ1) is 12.5. The van der Waals surface area contributed by atoms with Crippen molar-refractivity contribution >= 4 is 38.8 Å². The van der Waals surface area contributed by atoms with Crippen LogP contribution >= 0.6 is 22.9 Å². The Morgan fingerprint density at radius 1 is 1.21 bits per heavy atom. The lowest BCUT2D eigenvalue weighted by atomic mass is 10.1. The number of halogens is 1. The molecular weight excluding hydrogens is 276 g/mol. The van der Waals surface area contributed by atoms with Crippen LogP contribution in [0.25, 0.3) is 10.2 Å². The van der Waals surface area contributed by atoms with Gasteiger partial charge in [-0.3, -0.25) is 0 Å². The molecule has 1 N–H and O–H groups in total. The normalized spacial score (nSPS) is 10.8. The first-order chi connectivity index (χ1) is 9.22. The van der Waals surface area contributed by atoms with Crippen molar-refractivity contribution in [3.05, 3.63) is 58.1 Å². The molecular formula is C15H13ClN2S. The molecule has 1 heterocycles. The third kappa shape index (κ3) is 2.72. The van der Waals surface area contributed by atoms with Crippen LogP contribution in [0.4, 0.5) is 5.69 Å². The molecule has 0 saturated carbocycles. The standard InChI is InChI=1S/C15H13ClN2S/c1-10-2-3-11(6-13(10)16)8-17-12-4-5-14-15(7-12)19-9-18-14/h2-7,9,17H,8H2,1H3. The van der Waals surface area contributed by atoms with Crippen molar-refractivity contribution in [1.29, 1.82) is 0 Å². The summed E-state index contributed by atoms with van der Waals surface area (Å²) in [5, 5.41) is 4.23. The molecule has 0 amide bonds. The van der Waals surface area contributed by atoms with Gasteiger partial charge in [0.1, 0.15) is 0 Å². The highest BCUT2D eigenvalue weighted by Gasteiger charge is 2.00. The highest BCUT2D eigenvalue weighted by Crippen LogP contribution is 2.23. The molecule has 0 aliphatic heterocycles. The Morgan fingerprint density at radius 2 is 2.11 bits per heavy atom. The van der Waals surface area contributed by atoms with E-state index >= 15 is 0 Å². The third-order valence-corrected chi connectivity index (χ3v) is 4.26. The van der Waals surface area contributed by atoms with E-state index in [0.717, 1.165) is 28.3 Å². The van der Waals surface area contributed by atoms with E-state index in [0.29, 0.717) is 0 Å². The van der Waals surface area contributed by atoms with Crippen molar-refractivity contribution in [2.24, 2.45) is 0 Å². The van der Waals surface area contributed by atoms with E-state index < -0.39 is 0 Å². The van der Waals surface area contributed by atoms with Crippen LogP contribution in [0.3, 0.4) is 0 Å². The van der Waals surface area contributed by atoms with Crippen molar-refractivity contribution < 1.29 is 0 Å². The van der Waals surface area contributed by atoms with E-state index in [4.69, 9.17) is 11.6 Å². The van der Waals surface area contributed by atoms with Gasteiger partial charge in [-0.2, -0.15) is 0 Å². The minimum atomic E-state index is 0.768. The van der Waals surface area contributed by atoms with Crippen molar-refractivity contribution in [3.63, 3.8) is 0 Å². The molecule has 0 bridgehead atoms. The number of hydrogen-bond donors (Lipinski definition) is 1. The van der Waals surface area contributed by atoms with Crippen molar-refractivity contribution in [3.8, 4) is 0 Å². The van der Waals surface area contributed by atoms with Crippen LogP contribution in [0.5, 0.6) is 0 Å². The second-order valence-electron chi connectivity index (χ2n) is 4.47. The Labute approximate surface area is 121 Å². The SMILES string of the molecule is Cc1ccc(CNc2ccc3ncsc3c2)cc1Cl. The summed E-state index contributed by atoms with van der Waals surface area (Å²) in [6, 6.07) is 12.4. The van der Waals surface area contributed by atoms with Gasteiger partial charge < -0.3 is 5.32 Å². The van der Waals surface area contributed by atoms with Gasteiger partial charge in [-0.15, -0.1) is 11.3 Å². The molecule has 0 aliphatic rings. The first-order valence-corrected chi connectivity index (χ1v) is 7.30. The second-order valence-corrected chi connectivity index (χ2v) is 5.77. The molecule has 2 nitrogen and oxygen atoms in total. The average molecular weight is 289 g/mol. The number of benzene rings is 2. The van der Waals surface area contributed by atoms with E-state index in [2.05, 4.69) is 28.5 Å². The molecule has 1 aromatic heterocycles. The van der Waals surface area contributed by atoms with Gasteiger partial charge >= 0.3 is 0 Å². The predicted molar refractivity (Wildman–Crippen MR) is 83.1 cm³/mol. The van der Waals surface area contributed by atoms with Gasteiger partial charge in [0.25, 0.3) is 0 Å². The number of aryl methyl sites for hydroxylation is 1. The highest BCUT2D eigenvalue weighted by molar-refractivity contribution is 7.16. The minimum absolute atomic E-state index is 0.768. The van der Waals surface area contributed by atoms with Crippen molar-refractivity contribution in [1.82, 2.24) is 4.98 Å². The Morgan fingerprint density at radius 3 is 2.95 bits per heavy atom. The molecule has 0 radical (unpaired) electrons. The number of rotatable bonds is 3. The molecule has 19 heavy (non-hydrogen) atoms. The van der Waals surface area contributed by atoms with E-state index in [1.54, 1.807) is 11.3 Å². The monoisotopic (exact) mass is 288 g/mol. The third-order valence-electron chi connectivity index (χ3n) is 3.06. The molecule has 96 valence electrons. The van der Waals surface area contributed by atoms with Gasteiger partial charge in [0, 0.05) is 17.3 Å². The number of anilines is 1. The molecule has 4 heteroatoms. The van der Waals surface area contributed by atoms with Crippen LogP contribution in [-0.4, -0.2) is 4.98 Å². The lowest BCUT2D eigenvalue weighted by Gasteiger charge is -2.08. The molecule has 0 aliphatic carbocycles. The van der Waals surface area contributed by atoms with Crippen LogP contribution in [0, 0.1) is 6.92 Å².